The molecule has 0 heterocycles. The average Bonchev–Trinajstić information content (AvgIpc) is 2.35. The molecule has 2 rings (SSSR count). The van der Waals surface area contributed by atoms with Crippen LogP contribution >= 0.6 is 27.5 Å². The average molecular weight is 350 g/mol. The standard InChI is InChI=1S/C14H9BrClF3/c15-9-2-4-13(18)11(6-9)12(16)5-8-1-3-10(17)7-14(8)19/h1-4,6-7,12H,5H2. The third-order valence-corrected chi connectivity index (χ3v) is 3.59. The number of alkyl halides is 1. The number of hydrogen-bond acceptors (Lipinski definition) is 0. The Kier molecular flexibility index (Phi) is 4.53. The minimum atomic E-state index is -0.725. The van der Waals surface area contributed by atoms with Gasteiger partial charge in [-0.05, 0) is 36.2 Å². The first-order chi connectivity index (χ1) is 8.97. The second-order valence-electron chi connectivity index (χ2n) is 4.07. The number of hydrogen-bond donors (Lipinski definition) is 0. The van der Waals surface area contributed by atoms with Gasteiger partial charge in [0.05, 0.1) is 5.38 Å². The molecule has 0 spiro atoms. The summed E-state index contributed by atoms with van der Waals surface area (Å²) in [7, 11) is 0. The van der Waals surface area contributed by atoms with Crippen LogP contribution in [0, 0.1) is 17.5 Å². The van der Waals surface area contributed by atoms with Gasteiger partial charge in [0.1, 0.15) is 17.5 Å². The minimum Gasteiger partial charge on any atom is -0.207 e. The van der Waals surface area contributed by atoms with Crippen LogP contribution in [0.15, 0.2) is 40.9 Å². The maximum absolute atomic E-state index is 13.6. The quantitative estimate of drug-likeness (QED) is 0.652. The number of rotatable bonds is 3. The maximum Gasteiger partial charge on any atom is 0.129 e. The monoisotopic (exact) mass is 348 g/mol. The molecular formula is C14H9BrClF3. The summed E-state index contributed by atoms with van der Waals surface area (Å²) in [5, 5.41) is -0.725. The van der Waals surface area contributed by atoms with Gasteiger partial charge in [-0.3, -0.25) is 0 Å². The molecule has 0 saturated carbocycles. The first-order valence-electron chi connectivity index (χ1n) is 5.50. The highest BCUT2D eigenvalue weighted by Crippen LogP contribution is 2.30. The van der Waals surface area contributed by atoms with Crippen LogP contribution in [0.4, 0.5) is 13.2 Å². The van der Waals surface area contributed by atoms with Gasteiger partial charge in [-0.25, -0.2) is 13.2 Å². The van der Waals surface area contributed by atoms with E-state index in [9.17, 15) is 13.2 Å². The summed E-state index contributed by atoms with van der Waals surface area (Å²) in [4.78, 5) is 0. The molecule has 0 radical (unpaired) electrons. The summed E-state index contributed by atoms with van der Waals surface area (Å²) in [6, 6.07) is 7.65. The van der Waals surface area contributed by atoms with Crippen molar-refractivity contribution in [3.05, 3.63) is 69.4 Å². The molecular weight excluding hydrogens is 341 g/mol. The van der Waals surface area contributed by atoms with Crippen molar-refractivity contribution in [1.82, 2.24) is 0 Å². The van der Waals surface area contributed by atoms with E-state index in [4.69, 9.17) is 11.6 Å². The van der Waals surface area contributed by atoms with E-state index >= 15 is 0 Å². The molecule has 5 heteroatoms. The van der Waals surface area contributed by atoms with Gasteiger partial charge in [0.2, 0.25) is 0 Å². The normalized spacial score (nSPS) is 12.5. The second-order valence-corrected chi connectivity index (χ2v) is 5.52. The van der Waals surface area contributed by atoms with E-state index in [-0.39, 0.29) is 17.5 Å². The van der Waals surface area contributed by atoms with Gasteiger partial charge in [0.15, 0.2) is 0 Å². The molecule has 100 valence electrons. The Balaban J connectivity index is 2.25. The third kappa shape index (κ3) is 3.51. The Morgan fingerprint density at radius 1 is 1.00 bits per heavy atom. The fourth-order valence-corrected chi connectivity index (χ4v) is 2.46. The molecule has 0 N–H and O–H groups in total. The minimum absolute atomic E-state index is 0.0844. The summed E-state index contributed by atoms with van der Waals surface area (Å²) in [6.45, 7) is 0. The molecule has 0 saturated heterocycles. The first kappa shape index (κ1) is 14.4. The van der Waals surface area contributed by atoms with Crippen LogP contribution < -0.4 is 0 Å². The fraction of sp³-hybridized carbons (Fsp3) is 0.143. The van der Waals surface area contributed by atoms with Gasteiger partial charge in [-0.1, -0.05) is 22.0 Å². The highest BCUT2D eigenvalue weighted by atomic mass is 79.9. The SMILES string of the molecule is Fc1ccc(CC(Cl)c2cc(Br)ccc2F)c(F)c1. The molecule has 0 fully saturated rings. The summed E-state index contributed by atoms with van der Waals surface area (Å²) in [5.41, 5.74) is 0.528. The van der Waals surface area contributed by atoms with E-state index < -0.39 is 22.8 Å². The van der Waals surface area contributed by atoms with Crippen molar-refractivity contribution in [1.29, 1.82) is 0 Å². The van der Waals surface area contributed by atoms with Gasteiger partial charge in [-0.2, -0.15) is 0 Å². The van der Waals surface area contributed by atoms with E-state index in [2.05, 4.69) is 15.9 Å². The van der Waals surface area contributed by atoms with E-state index in [0.717, 1.165) is 12.1 Å². The molecule has 0 aliphatic carbocycles. The highest BCUT2D eigenvalue weighted by molar-refractivity contribution is 9.10. The largest absolute Gasteiger partial charge is 0.207 e. The van der Waals surface area contributed by atoms with Gasteiger partial charge in [-0.15, -0.1) is 11.6 Å². The van der Waals surface area contributed by atoms with Crippen LogP contribution in [0.5, 0.6) is 0 Å². The van der Waals surface area contributed by atoms with Gasteiger partial charge >= 0.3 is 0 Å². The predicted octanol–water partition coefficient (Wildman–Crippen LogP) is 5.39. The molecule has 0 amide bonds. The Hall–Kier alpha value is -1.00. The molecule has 19 heavy (non-hydrogen) atoms. The molecule has 0 aromatic heterocycles. The van der Waals surface area contributed by atoms with Gasteiger partial charge in [0.25, 0.3) is 0 Å². The van der Waals surface area contributed by atoms with Crippen LogP contribution in [-0.4, -0.2) is 0 Å². The zero-order valence-corrected chi connectivity index (χ0v) is 12.0. The lowest BCUT2D eigenvalue weighted by atomic mass is 10.0. The van der Waals surface area contributed by atoms with Crippen molar-refractivity contribution in [3.8, 4) is 0 Å². The summed E-state index contributed by atoms with van der Waals surface area (Å²) < 4.78 is 40.6. The molecule has 1 atom stereocenters. The van der Waals surface area contributed by atoms with Crippen LogP contribution in [-0.2, 0) is 6.42 Å². The Morgan fingerprint density at radius 2 is 1.74 bits per heavy atom. The summed E-state index contributed by atoms with van der Waals surface area (Å²) in [5.74, 6) is -1.78. The lowest BCUT2D eigenvalue weighted by Crippen LogP contribution is -2.01. The smallest absolute Gasteiger partial charge is 0.129 e. The van der Waals surface area contributed by atoms with Crippen LogP contribution in [0.3, 0.4) is 0 Å². The first-order valence-corrected chi connectivity index (χ1v) is 6.73. The van der Waals surface area contributed by atoms with E-state index in [1.165, 1.54) is 12.1 Å². The molecule has 0 bridgehead atoms. The zero-order valence-electron chi connectivity index (χ0n) is 9.64. The van der Waals surface area contributed by atoms with E-state index in [1.807, 2.05) is 0 Å². The number of benzene rings is 2. The lowest BCUT2D eigenvalue weighted by Gasteiger charge is -2.12. The third-order valence-electron chi connectivity index (χ3n) is 2.71. The molecule has 0 aliphatic heterocycles. The lowest BCUT2D eigenvalue weighted by molar-refractivity contribution is 0.567. The van der Waals surface area contributed by atoms with Crippen molar-refractivity contribution >= 4 is 27.5 Å². The Bertz CT molecular complexity index is 601. The van der Waals surface area contributed by atoms with Crippen molar-refractivity contribution in [2.45, 2.75) is 11.8 Å². The summed E-state index contributed by atoms with van der Waals surface area (Å²) >= 11 is 9.33. The Morgan fingerprint density at radius 3 is 2.42 bits per heavy atom. The van der Waals surface area contributed by atoms with E-state index in [1.54, 1.807) is 12.1 Å². The molecule has 1 unspecified atom stereocenters. The van der Waals surface area contributed by atoms with Crippen LogP contribution in [0.2, 0.25) is 0 Å². The Labute approximate surface area is 122 Å². The number of halogens is 5. The highest BCUT2D eigenvalue weighted by Gasteiger charge is 2.16. The van der Waals surface area contributed by atoms with Crippen molar-refractivity contribution < 1.29 is 13.2 Å². The molecule has 0 aliphatic rings. The molecule has 2 aromatic rings. The van der Waals surface area contributed by atoms with Gasteiger partial charge < -0.3 is 0 Å². The molecule has 0 nitrogen and oxygen atoms in total. The fourth-order valence-electron chi connectivity index (χ4n) is 1.74. The summed E-state index contributed by atoms with van der Waals surface area (Å²) in [6.07, 6.45) is 0.0844. The van der Waals surface area contributed by atoms with Crippen molar-refractivity contribution in [2.75, 3.05) is 0 Å². The van der Waals surface area contributed by atoms with Crippen molar-refractivity contribution in [3.63, 3.8) is 0 Å². The topological polar surface area (TPSA) is 0 Å². The second kappa shape index (κ2) is 5.97. The van der Waals surface area contributed by atoms with E-state index in [0.29, 0.717) is 4.47 Å². The van der Waals surface area contributed by atoms with Crippen molar-refractivity contribution in [2.24, 2.45) is 0 Å². The van der Waals surface area contributed by atoms with Crippen LogP contribution in [0.1, 0.15) is 16.5 Å². The zero-order chi connectivity index (χ0) is 14.0. The predicted molar refractivity (Wildman–Crippen MR) is 72.8 cm³/mol. The van der Waals surface area contributed by atoms with Crippen LogP contribution in [0.25, 0.3) is 0 Å². The van der Waals surface area contributed by atoms with Gasteiger partial charge in [0, 0.05) is 16.1 Å². The molecule has 2 aromatic carbocycles. The maximum atomic E-state index is 13.6.